The lowest BCUT2D eigenvalue weighted by atomic mass is 10.00. The van der Waals surface area contributed by atoms with Crippen molar-refractivity contribution >= 4 is 12.4 Å². The number of hydrogen-bond acceptors (Lipinski definition) is 1. The molecule has 0 unspecified atom stereocenters. The molecule has 1 atom stereocenters. The van der Waals surface area contributed by atoms with Crippen LogP contribution in [0.4, 0.5) is 13.2 Å². The van der Waals surface area contributed by atoms with Crippen LogP contribution in [0.15, 0.2) is 42.5 Å². The molecule has 0 saturated carbocycles. The van der Waals surface area contributed by atoms with E-state index in [9.17, 15) is 13.2 Å². The topological polar surface area (TPSA) is 26.0 Å². The molecule has 2 aromatic rings. The Balaban J connectivity index is 0.00000147. The predicted octanol–water partition coefficient (Wildman–Crippen LogP) is 4.24. The fourth-order valence-corrected chi connectivity index (χ4v) is 2.55. The Kier molecular flexibility index (Phi) is 3.80. The van der Waals surface area contributed by atoms with E-state index in [4.69, 9.17) is 5.73 Å². The standard InChI is InChI=1S/C15H12F3N.ClH/c16-15(17,18)14(19)10-5-6-13-11(8-10)7-9-3-1-2-4-12(9)13;/h1-6,8,14H,7,19H2;1H/t14-;/m1./s1. The van der Waals surface area contributed by atoms with E-state index in [0.29, 0.717) is 6.42 Å². The molecule has 0 amide bonds. The molecular formula is C15H13ClF3N. The van der Waals surface area contributed by atoms with Crippen molar-refractivity contribution in [1.82, 2.24) is 0 Å². The molecule has 0 aliphatic heterocycles. The Hall–Kier alpha value is -1.52. The fourth-order valence-electron chi connectivity index (χ4n) is 2.55. The average Bonchev–Trinajstić information content (AvgIpc) is 2.74. The molecule has 20 heavy (non-hydrogen) atoms. The summed E-state index contributed by atoms with van der Waals surface area (Å²) in [4.78, 5) is 0. The van der Waals surface area contributed by atoms with Crippen molar-refractivity contribution in [2.24, 2.45) is 5.73 Å². The molecule has 0 fully saturated rings. The Morgan fingerprint density at radius 1 is 0.950 bits per heavy atom. The van der Waals surface area contributed by atoms with Gasteiger partial charge in [-0.05, 0) is 34.2 Å². The first-order valence-corrected chi connectivity index (χ1v) is 6.00. The maximum atomic E-state index is 12.6. The Morgan fingerprint density at radius 3 is 2.30 bits per heavy atom. The van der Waals surface area contributed by atoms with Gasteiger partial charge in [0.25, 0.3) is 0 Å². The second kappa shape index (κ2) is 5.11. The van der Waals surface area contributed by atoms with Gasteiger partial charge in [-0.1, -0.05) is 42.5 Å². The van der Waals surface area contributed by atoms with E-state index in [1.807, 2.05) is 24.3 Å². The summed E-state index contributed by atoms with van der Waals surface area (Å²) in [5.41, 5.74) is 9.54. The summed E-state index contributed by atoms with van der Waals surface area (Å²) in [6, 6.07) is 10.7. The van der Waals surface area contributed by atoms with Gasteiger partial charge in [0.2, 0.25) is 0 Å². The summed E-state index contributed by atoms with van der Waals surface area (Å²) in [7, 11) is 0. The highest BCUT2D eigenvalue weighted by Crippen LogP contribution is 2.39. The molecule has 3 rings (SSSR count). The third-order valence-electron chi connectivity index (χ3n) is 3.53. The molecule has 0 spiro atoms. The number of alkyl halides is 3. The van der Waals surface area contributed by atoms with Crippen LogP contribution in [0.5, 0.6) is 0 Å². The van der Waals surface area contributed by atoms with Gasteiger partial charge in [0.05, 0.1) is 0 Å². The summed E-state index contributed by atoms with van der Waals surface area (Å²) >= 11 is 0. The molecule has 0 heterocycles. The van der Waals surface area contributed by atoms with Crippen molar-refractivity contribution in [1.29, 1.82) is 0 Å². The molecule has 1 aliphatic rings. The lowest BCUT2D eigenvalue weighted by Crippen LogP contribution is -2.28. The predicted molar refractivity (Wildman–Crippen MR) is 74.9 cm³/mol. The lowest BCUT2D eigenvalue weighted by molar-refractivity contribution is -0.149. The Morgan fingerprint density at radius 2 is 1.60 bits per heavy atom. The van der Waals surface area contributed by atoms with Crippen LogP contribution in [0.3, 0.4) is 0 Å². The maximum Gasteiger partial charge on any atom is 0.407 e. The van der Waals surface area contributed by atoms with Gasteiger partial charge in [0.1, 0.15) is 6.04 Å². The third kappa shape index (κ3) is 2.41. The summed E-state index contributed by atoms with van der Waals surface area (Å²) < 4.78 is 37.9. The van der Waals surface area contributed by atoms with Crippen molar-refractivity contribution in [2.45, 2.75) is 18.6 Å². The minimum Gasteiger partial charge on any atom is -0.316 e. The Bertz CT molecular complexity index is 637. The van der Waals surface area contributed by atoms with Gasteiger partial charge in [-0.15, -0.1) is 12.4 Å². The van der Waals surface area contributed by atoms with Gasteiger partial charge in [-0.3, -0.25) is 0 Å². The van der Waals surface area contributed by atoms with E-state index in [2.05, 4.69) is 0 Å². The molecule has 0 saturated heterocycles. The number of nitrogens with two attached hydrogens (primary N) is 1. The van der Waals surface area contributed by atoms with Crippen LogP contribution in [0.1, 0.15) is 22.7 Å². The quantitative estimate of drug-likeness (QED) is 0.714. The van der Waals surface area contributed by atoms with E-state index >= 15 is 0 Å². The maximum absolute atomic E-state index is 12.6. The fraction of sp³-hybridized carbons (Fsp3) is 0.200. The number of hydrogen-bond donors (Lipinski definition) is 1. The van der Waals surface area contributed by atoms with Crippen LogP contribution in [0, 0.1) is 0 Å². The molecule has 1 aliphatic carbocycles. The summed E-state index contributed by atoms with van der Waals surface area (Å²) in [5.74, 6) is 0. The second-order valence-electron chi connectivity index (χ2n) is 4.77. The van der Waals surface area contributed by atoms with Gasteiger partial charge in [0, 0.05) is 0 Å². The van der Waals surface area contributed by atoms with Gasteiger partial charge in [0.15, 0.2) is 0 Å². The largest absolute Gasteiger partial charge is 0.407 e. The minimum absolute atomic E-state index is 0. The smallest absolute Gasteiger partial charge is 0.316 e. The van der Waals surface area contributed by atoms with Gasteiger partial charge in [-0.25, -0.2) is 0 Å². The minimum atomic E-state index is -4.40. The van der Waals surface area contributed by atoms with Gasteiger partial charge < -0.3 is 5.73 Å². The lowest BCUT2D eigenvalue weighted by Gasteiger charge is -2.16. The monoisotopic (exact) mass is 299 g/mol. The zero-order valence-corrected chi connectivity index (χ0v) is 11.3. The van der Waals surface area contributed by atoms with Crippen molar-refractivity contribution in [3.05, 3.63) is 59.2 Å². The van der Waals surface area contributed by atoms with E-state index in [-0.39, 0.29) is 18.0 Å². The normalized spacial score (nSPS) is 14.2. The van der Waals surface area contributed by atoms with E-state index < -0.39 is 12.2 Å². The van der Waals surface area contributed by atoms with Crippen LogP contribution in [-0.2, 0) is 6.42 Å². The van der Waals surface area contributed by atoms with E-state index in [0.717, 1.165) is 22.3 Å². The summed E-state index contributed by atoms with van der Waals surface area (Å²) in [5, 5.41) is 0. The van der Waals surface area contributed by atoms with Crippen LogP contribution < -0.4 is 5.73 Å². The van der Waals surface area contributed by atoms with Crippen molar-refractivity contribution in [3.63, 3.8) is 0 Å². The first-order chi connectivity index (χ1) is 8.97. The first kappa shape index (κ1) is 14.9. The molecule has 106 valence electrons. The molecule has 1 nitrogen and oxygen atoms in total. The SMILES string of the molecule is Cl.N[C@H](c1ccc2c(c1)Cc1ccccc1-2)C(F)(F)F. The van der Waals surface area contributed by atoms with Gasteiger partial charge in [-0.2, -0.15) is 13.2 Å². The summed E-state index contributed by atoms with van der Waals surface area (Å²) in [6.45, 7) is 0. The highest BCUT2D eigenvalue weighted by molar-refractivity contribution is 5.85. The molecule has 0 bridgehead atoms. The zero-order valence-electron chi connectivity index (χ0n) is 10.4. The van der Waals surface area contributed by atoms with Gasteiger partial charge >= 0.3 is 6.18 Å². The molecule has 2 N–H and O–H groups in total. The molecule has 0 aromatic heterocycles. The third-order valence-corrected chi connectivity index (χ3v) is 3.53. The number of rotatable bonds is 1. The molecular weight excluding hydrogens is 287 g/mol. The highest BCUT2D eigenvalue weighted by Gasteiger charge is 2.38. The number of halogens is 4. The van der Waals surface area contributed by atoms with Crippen LogP contribution in [0.2, 0.25) is 0 Å². The van der Waals surface area contributed by atoms with Crippen molar-refractivity contribution < 1.29 is 13.2 Å². The van der Waals surface area contributed by atoms with Crippen LogP contribution >= 0.6 is 12.4 Å². The van der Waals surface area contributed by atoms with Crippen molar-refractivity contribution in [3.8, 4) is 11.1 Å². The second-order valence-corrected chi connectivity index (χ2v) is 4.77. The number of fused-ring (bicyclic) bond motifs is 3. The van der Waals surface area contributed by atoms with Crippen molar-refractivity contribution in [2.75, 3.05) is 0 Å². The number of benzene rings is 2. The molecule has 2 aromatic carbocycles. The summed E-state index contributed by atoms with van der Waals surface area (Å²) in [6.07, 6.45) is -3.73. The Labute approximate surface area is 121 Å². The average molecular weight is 300 g/mol. The van der Waals surface area contributed by atoms with Crippen LogP contribution in [-0.4, -0.2) is 6.18 Å². The van der Waals surface area contributed by atoms with E-state index in [1.54, 1.807) is 12.1 Å². The molecule has 0 radical (unpaired) electrons. The van der Waals surface area contributed by atoms with Crippen LogP contribution in [0.25, 0.3) is 11.1 Å². The zero-order chi connectivity index (χ0) is 13.6. The molecule has 5 heteroatoms. The highest BCUT2D eigenvalue weighted by atomic mass is 35.5. The first-order valence-electron chi connectivity index (χ1n) is 6.00. The van der Waals surface area contributed by atoms with E-state index in [1.165, 1.54) is 6.07 Å².